The van der Waals surface area contributed by atoms with Crippen molar-refractivity contribution in [3.05, 3.63) is 18.9 Å². The minimum atomic E-state index is -0.0122. The Hall–Kier alpha value is -1.01. The minimum Gasteiger partial charge on any atom is -0.375 e. The molecular weight excluding hydrogens is 218 g/mol. The molecule has 0 aliphatic rings. The Balaban J connectivity index is 2.26. The summed E-state index contributed by atoms with van der Waals surface area (Å²) < 4.78 is 0.955. The number of rotatable bonds is 5. The number of aromatic nitrogens is 1. The number of nitrogens with two attached hydrogens (primary N) is 1. The smallest absolute Gasteiger partial charge is 0.230 e. The highest BCUT2D eigenvalue weighted by molar-refractivity contribution is 8.01. The molecule has 0 aromatic carbocycles. The van der Waals surface area contributed by atoms with E-state index in [1.807, 2.05) is 0 Å². The number of nitrogens with zero attached hydrogens (tertiary/aromatic N) is 1. The highest BCUT2D eigenvalue weighted by Crippen LogP contribution is 2.25. The molecule has 0 saturated carbocycles. The zero-order chi connectivity index (χ0) is 10.4. The average molecular weight is 229 g/mol. The summed E-state index contributed by atoms with van der Waals surface area (Å²) in [5.74, 6) is 0.372. The van der Waals surface area contributed by atoms with E-state index in [1.54, 1.807) is 12.3 Å². The van der Waals surface area contributed by atoms with Crippen LogP contribution < -0.4 is 11.1 Å². The minimum absolute atomic E-state index is 0.0122. The Morgan fingerprint density at radius 3 is 3.21 bits per heavy atom. The normalized spacial score (nSPS) is 9.71. The quantitative estimate of drug-likeness (QED) is 0.586. The van der Waals surface area contributed by atoms with Gasteiger partial charge in [-0.15, -0.1) is 18.3 Å². The van der Waals surface area contributed by atoms with E-state index in [-0.39, 0.29) is 5.91 Å². The summed E-state index contributed by atoms with van der Waals surface area (Å²) >= 11 is 2.81. The molecule has 0 unspecified atom stereocenters. The van der Waals surface area contributed by atoms with Gasteiger partial charge in [0.25, 0.3) is 0 Å². The fourth-order valence-electron chi connectivity index (χ4n) is 0.713. The molecule has 1 heterocycles. The monoisotopic (exact) mass is 229 g/mol. The lowest BCUT2D eigenvalue weighted by molar-refractivity contribution is -0.118. The standard InChI is InChI=1S/C8H11N3OS2/c1-2-3-10-6(12)5-13-7-4-11-8(9)14-7/h2,4H,1,3,5H2,(H2,9,11)(H,10,12). The third-order valence-corrected chi connectivity index (χ3v) is 3.31. The van der Waals surface area contributed by atoms with Crippen LogP contribution in [0, 0.1) is 0 Å². The first-order chi connectivity index (χ1) is 6.72. The van der Waals surface area contributed by atoms with Crippen molar-refractivity contribution in [1.82, 2.24) is 10.3 Å². The number of carbonyl (C=O) groups is 1. The van der Waals surface area contributed by atoms with Gasteiger partial charge in [0.05, 0.1) is 16.2 Å². The van der Waals surface area contributed by atoms with Gasteiger partial charge in [-0.05, 0) is 0 Å². The Morgan fingerprint density at radius 1 is 1.86 bits per heavy atom. The van der Waals surface area contributed by atoms with Gasteiger partial charge in [-0.2, -0.15) is 0 Å². The van der Waals surface area contributed by atoms with Crippen LogP contribution in [0.3, 0.4) is 0 Å². The summed E-state index contributed by atoms with van der Waals surface area (Å²) in [5.41, 5.74) is 5.45. The van der Waals surface area contributed by atoms with Crippen molar-refractivity contribution < 1.29 is 4.79 Å². The van der Waals surface area contributed by atoms with Crippen LogP contribution in [0.4, 0.5) is 5.13 Å². The van der Waals surface area contributed by atoms with E-state index < -0.39 is 0 Å². The Morgan fingerprint density at radius 2 is 2.64 bits per heavy atom. The van der Waals surface area contributed by atoms with Crippen LogP contribution in [0.1, 0.15) is 0 Å². The lowest BCUT2D eigenvalue weighted by Crippen LogP contribution is -2.24. The van der Waals surface area contributed by atoms with Crippen LogP contribution in [-0.2, 0) is 4.79 Å². The van der Waals surface area contributed by atoms with Gasteiger partial charge in [0.1, 0.15) is 0 Å². The Bertz CT molecular complexity index is 324. The zero-order valence-corrected chi connectivity index (χ0v) is 9.16. The molecule has 0 spiro atoms. The first-order valence-electron chi connectivity index (χ1n) is 3.94. The molecule has 0 bridgehead atoms. The second-order valence-electron chi connectivity index (χ2n) is 2.40. The molecule has 3 N–H and O–H groups in total. The maximum absolute atomic E-state index is 11.2. The van der Waals surface area contributed by atoms with Gasteiger partial charge in [-0.25, -0.2) is 4.98 Å². The molecule has 0 saturated heterocycles. The summed E-state index contributed by atoms with van der Waals surface area (Å²) in [5, 5.41) is 3.21. The number of anilines is 1. The Kier molecular flexibility index (Phi) is 4.48. The topological polar surface area (TPSA) is 68.0 Å². The highest BCUT2D eigenvalue weighted by Gasteiger charge is 2.03. The molecule has 0 radical (unpaired) electrons. The van der Waals surface area contributed by atoms with E-state index in [0.29, 0.717) is 17.4 Å². The fourth-order valence-corrected chi connectivity index (χ4v) is 2.30. The molecule has 6 heteroatoms. The van der Waals surface area contributed by atoms with Crippen LogP contribution in [-0.4, -0.2) is 23.2 Å². The maximum Gasteiger partial charge on any atom is 0.230 e. The molecule has 0 aliphatic heterocycles. The molecular formula is C8H11N3OS2. The SMILES string of the molecule is C=CCNC(=O)CSc1cnc(N)s1. The first-order valence-corrected chi connectivity index (χ1v) is 5.74. The lowest BCUT2D eigenvalue weighted by atomic mass is 10.6. The van der Waals surface area contributed by atoms with Crippen molar-refractivity contribution in [2.45, 2.75) is 4.21 Å². The van der Waals surface area contributed by atoms with Crippen molar-refractivity contribution in [3.8, 4) is 0 Å². The molecule has 1 rings (SSSR count). The first kappa shape index (κ1) is 11.1. The van der Waals surface area contributed by atoms with Gasteiger partial charge >= 0.3 is 0 Å². The largest absolute Gasteiger partial charge is 0.375 e. The molecule has 0 aliphatic carbocycles. The van der Waals surface area contributed by atoms with Gasteiger partial charge in [-0.3, -0.25) is 4.79 Å². The summed E-state index contributed by atoms with van der Waals surface area (Å²) in [6.07, 6.45) is 3.32. The number of amides is 1. The number of nitrogens with one attached hydrogen (secondary N) is 1. The number of thiazole rings is 1. The number of hydrogen-bond acceptors (Lipinski definition) is 5. The van der Waals surface area contributed by atoms with E-state index in [1.165, 1.54) is 23.1 Å². The molecule has 0 atom stereocenters. The van der Waals surface area contributed by atoms with E-state index >= 15 is 0 Å². The van der Waals surface area contributed by atoms with Gasteiger partial charge in [0.15, 0.2) is 5.13 Å². The maximum atomic E-state index is 11.2. The highest BCUT2D eigenvalue weighted by atomic mass is 32.2. The molecule has 1 aromatic rings. The zero-order valence-electron chi connectivity index (χ0n) is 7.53. The lowest BCUT2D eigenvalue weighted by Gasteiger charge is -1.99. The second-order valence-corrected chi connectivity index (χ2v) is 4.74. The molecule has 1 aromatic heterocycles. The number of carbonyl (C=O) groups excluding carboxylic acids is 1. The summed E-state index contributed by atoms with van der Waals surface area (Å²) in [6, 6.07) is 0. The van der Waals surface area contributed by atoms with Crippen molar-refractivity contribution in [2.24, 2.45) is 0 Å². The third kappa shape index (κ3) is 3.80. The van der Waals surface area contributed by atoms with Crippen molar-refractivity contribution in [3.63, 3.8) is 0 Å². The number of nitrogen functional groups attached to an aromatic ring is 1. The predicted molar refractivity (Wildman–Crippen MR) is 60.5 cm³/mol. The molecule has 76 valence electrons. The van der Waals surface area contributed by atoms with Crippen LogP contribution in [0.5, 0.6) is 0 Å². The molecule has 4 nitrogen and oxygen atoms in total. The van der Waals surface area contributed by atoms with Gasteiger partial charge in [0, 0.05) is 6.54 Å². The van der Waals surface area contributed by atoms with E-state index in [4.69, 9.17) is 5.73 Å². The number of thioether (sulfide) groups is 1. The van der Waals surface area contributed by atoms with E-state index in [0.717, 1.165) is 4.21 Å². The Labute approximate surface area is 90.6 Å². The average Bonchev–Trinajstić information content (AvgIpc) is 2.58. The van der Waals surface area contributed by atoms with Crippen molar-refractivity contribution >= 4 is 34.1 Å². The van der Waals surface area contributed by atoms with Gasteiger partial charge in [-0.1, -0.05) is 17.4 Å². The summed E-state index contributed by atoms with van der Waals surface area (Å²) in [4.78, 5) is 15.0. The van der Waals surface area contributed by atoms with Crippen LogP contribution in [0.15, 0.2) is 23.1 Å². The summed E-state index contributed by atoms with van der Waals surface area (Å²) in [6.45, 7) is 4.01. The van der Waals surface area contributed by atoms with Crippen LogP contribution >= 0.6 is 23.1 Å². The molecule has 0 fully saturated rings. The second kappa shape index (κ2) is 5.66. The van der Waals surface area contributed by atoms with Crippen molar-refractivity contribution in [1.29, 1.82) is 0 Å². The van der Waals surface area contributed by atoms with Crippen molar-refractivity contribution in [2.75, 3.05) is 18.0 Å². The fraction of sp³-hybridized carbons (Fsp3) is 0.250. The third-order valence-electron chi connectivity index (χ3n) is 1.29. The van der Waals surface area contributed by atoms with Gasteiger partial charge in [0.2, 0.25) is 5.91 Å². The predicted octanol–water partition coefficient (Wildman–Crippen LogP) is 1.12. The molecule has 1 amide bonds. The van der Waals surface area contributed by atoms with E-state index in [9.17, 15) is 4.79 Å². The van der Waals surface area contributed by atoms with Crippen LogP contribution in [0.2, 0.25) is 0 Å². The van der Waals surface area contributed by atoms with Crippen LogP contribution in [0.25, 0.3) is 0 Å². The summed E-state index contributed by atoms with van der Waals surface area (Å²) in [7, 11) is 0. The number of hydrogen-bond donors (Lipinski definition) is 2. The van der Waals surface area contributed by atoms with E-state index in [2.05, 4.69) is 16.9 Å². The molecule has 14 heavy (non-hydrogen) atoms. The van der Waals surface area contributed by atoms with Gasteiger partial charge < -0.3 is 11.1 Å².